The summed E-state index contributed by atoms with van der Waals surface area (Å²) < 4.78 is 151. The minimum Gasteiger partial charge on any atom is -0.444 e. The number of carbonyl (C=O) groups excluding carboxylic acids is 1. The summed E-state index contributed by atoms with van der Waals surface area (Å²) in [5.41, 5.74) is -8.53. The smallest absolute Gasteiger partial charge is 0.430 e. The third-order valence-corrected chi connectivity index (χ3v) is 9.36. The van der Waals surface area contributed by atoms with Crippen LogP contribution < -0.4 is 0 Å². The van der Waals surface area contributed by atoms with E-state index in [9.17, 15) is 48.5 Å². The van der Waals surface area contributed by atoms with Gasteiger partial charge in [-0.3, -0.25) is 4.21 Å². The maximum absolute atomic E-state index is 14.4. The molecule has 3 aromatic carbocycles. The molecule has 0 radical (unpaired) electrons. The number of rotatable bonds is 7. The van der Waals surface area contributed by atoms with E-state index in [1.807, 2.05) is 0 Å². The quantitative estimate of drug-likeness (QED) is 0.236. The Morgan fingerprint density at radius 3 is 1.89 bits per heavy atom. The molecule has 0 N–H and O–H groups in total. The molecule has 1 aliphatic heterocycles. The van der Waals surface area contributed by atoms with Crippen LogP contribution in [0.1, 0.15) is 43.9 Å². The fourth-order valence-electron chi connectivity index (χ4n) is 5.14. The number of hydrogen-bond donors (Lipinski definition) is 0. The largest absolute Gasteiger partial charge is 0.444 e. The van der Waals surface area contributed by atoms with Crippen molar-refractivity contribution in [1.29, 1.82) is 0 Å². The maximum atomic E-state index is 14.4. The van der Waals surface area contributed by atoms with Crippen molar-refractivity contribution >= 4 is 16.9 Å². The van der Waals surface area contributed by atoms with Crippen molar-refractivity contribution < 1.29 is 58.0 Å². The van der Waals surface area contributed by atoms with Crippen LogP contribution in [0.4, 0.5) is 44.3 Å². The molecule has 0 spiro atoms. The minimum atomic E-state index is -6.16. The highest BCUT2D eigenvalue weighted by Crippen LogP contribution is 2.54. The zero-order valence-corrected chi connectivity index (χ0v) is 25.4. The van der Waals surface area contributed by atoms with E-state index >= 15 is 0 Å². The van der Waals surface area contributed by atoms with Crippen LogP contribution in [0.25, 0.3) is 0 Å². The van der Waals surface area contributed by atoms with E-state index in [1.165, 1.54) is 17.0 Å². The highest BCUT2D eigenvalue weighted by atomic mass is 32.2. The highest BCUT2D eigenvalue weighted by Gasteiger charge is 2.73. The van der Waals surface area contributed by atoms with E-state index in [4.69, 9.17) is 4.74 Å². The van der Waals surface area contributed by atoms with Gasteiger partial charge < -0.3 is 14.4 Å². The van der Waals surface area contributed by atoms with E-state index in [0.29, 0.717) is 24.3 Å². The molecular formula is C31H28F9NO4S. The molecule has 5 nitrogen and oxygen atoms in total. The Bertz CT molecular complexity index is 1550. The molecule has 0 saturated carbocycles. The molecule has 3 aromatic rings. The molecule has 1 amide bonds. The van der Waals surface area contributed by atoms with E-state index in [0.717, 1.165) is 30.3 Å². The van der Waals surface area contributed by atoms with Gasteiger partial charge in [-0.2, -0.15) is 26.3 Å². The molecule has 0 aliphatic carbocycles. The second kappa shape index (κ2) is 12.5. The summed E-state index contributed by atoms with van der Waals surface area (Å²) >= 11 is 0. The second-order valence-electron chi connectivity index (χ2n) is 11.6. The summed E-state index contributed by atoms with van der Waals surface area (Å²) in [7, 11) is -2.11. The first-order valence-electron chi connectivity index (χ1n) is 13.7. The number of amides is 1. The number of benzene rings is 3. The van der Waals surface area contributed by atoms with Crippen LogP contribution in [-0.4, -0.2) is 46.2 Å². The zero-order chi connectivity index (χ0) is 34.3. The average Bonchev–Trinajstić information content (AvgIpc) is 3.40. The van der Waals surface area contributed by atoms with Gasteiger partial charge in [0.2, 0.25) is 0 Å². The number of carbonyl (C=O) groups is 1. The fraction of sp³-hybridized carbons (Fsp3) is 0.387. The van der Waals surface area contributed by atoms with Crippen LogP contribution in [0, 0.1) is 17.5 Å². The lowest BCUT2D eigenvalue weighted by molar-refractivity contribution is -0.392. The summed E-state index contributed by atoms with van der Waals surface area (Å²) in [6.45, 7) is 2.77. The molecule has 4 rings (SSSR count). The van der Waals surface area contributed by atoms with Crippen molar-refractivity contribution in [2.75, 3.05) is 13.1 Å². The Morgan fingerprint density at radius 1 is 0.848 bits per heavy atom. The summed E-state index contributed by atoms with van der Waals surface area (Å²) in [5.74, 6) is -3.46. The van der Waals surface area contributed by atoms with Crippen LogP contribution in [0.15, 0.2) is 71.6 Å². The molecule has 0 bridgehead atoms. The summed E-state index contributed by atoms with van der Waals surface area (Å²) in [4.78, 5) is 14.2. The van der Waals surface area contributed by atoms with Gasteiger partial charge in [0.15, 0.2) is 0 Å². The van der Waals surface area contributed by atoms with Gasteiger partial charge in [0.05, 0.1) is 22.2 Å². The Labute approximate surface area is 260 Å². The molecule has 1 aliphatic rings. The average molecular weight is 682 g/mol. The van der Waals surface area contributed by atoms with Crippen LogP contribution in [0.2, 0.25) is 0 Å². The molecule has 1 saturated heterocycles. The third-order valence-electron chi connectivity index (χ3n) is 7.38. The van der Waals surface area contributed by atoms with E-state index < -0.39 is 80.4 Å². The van der Waals surface area contributed by atoms with Gasteiger partial charge >= 0.3 is 18.4 Å². The molecule has 2 unspecified atom stereocenters. The first-order valence-corrected chi connectivity index (χ1v) is 14.8. The first kappa shape index (κ1) is 35.3. The Kier molecular flexibility index (Phi) is 9.62. The SMILES string of the molecule is CC(C)(C)OC(=O)N1CCC(c2ccc(C(OCc3c(F)cccc3F)(C(F)(F)F)C(F)(F)F)cc2)(S(=O)c2ccc(F)cc2)C1. The van der Waals surface area contributed by atoms with Crippen LogP contribution in [0.5, 0.6) is 0 Å². The van der Waals surface area contributed by atoms with Crippen LogP contribution in [0.3, 0.4) is 0 Å². The van der Waals surface area contributed by atoms with Crippen molar-refractivity contribution in [1.82, 2.24) is 4.90 Å². The topological polar surface area (TPSA) is 55.8 Å². The van der Waals surface area contributed by atoms with Gasteiger partial charge in [-0.05, 0) is 69.2 Å². The van der Waals surface area contributed by atoms with Crippen molar-refractivity contribution in [3.05, 3.63) is 101 Å². The number of likely N-dealkylation sites (tertiary alicyclic amines) is 1. The van der Waals surface area contributed by atoms with Crippen LogP contribution >= 0.6 is 0 Å². The molecule has 46 heavy (non-hydrogen) atoms. The van der Waals surface area contributed by atoms with Gasteiger partial charge in [-0.1, -0.05) is 30.3 Å². The number of nitrogens with zero attached hydrogens (tertiary/aromatic N) is 1. The van der Waals surface area contributed by atoms with Crippen molar-refractivity contribution in [2.45, 2.75) is 67.0 Å². The van der Waals surface area contributed by atoms with E-state index in [1.54, 1.807) is 20.8 Å². The highest BCUT2D eigenvalue weighted by molar-refractivity contribution is 7.86. The first-order chi connectivity index (χ1) is 21.2. The van der Waals surface area contributed by atoms with E-state index in [2.05, 4.69) is 4.74 Å². The van der Waals surface area contributed by atoms with Gasteiger partial charge in [-0.25, -0.2) is 18.0 Å². The predicted molar refractivity (Wildman–Crippen MR) is 148 cm³/mol. The molecular weight excluding hydrogens is 653 g/mol. The van der Waals surface area contributed by atoms with Gasteiger partial charge in [-0.15, -0.1) is 0 Å². The third kappa shape index (κ3) is 6.75. The number of hydrogen-bond acceptors (Lipinski definition) is 4. The number of halogens is 9. The van der Waals surface area contributed by atoms with Gasteiger partial charge in [0, 0.05) is 29.1 Å². The predicted octanol–water partition coefficient (Wildman–Crippen LogP) is 8.28. The maximum Gasteiger partial charge on any atom is 0.430 e. The molecule has 0 aromatic heterocycles. The number of ether oxygens (including phenoxy) is 2. The lowest BCUT2D eigenvalue weighted by atomic mass is 9.88. The minimum absolute atomic E-state index is 0.00312. The fourth-order valence-corrected chi connectivity index (χ4v) is 6.87. The molecule has 250 valence electrons. The normalized spacial score (nSPS) is 18.5. The van der Waals surface area contributed by atoms with Gasteiger partial charge in [0.1, 0.15) is 23.1 Å². The van der Waals surface area contributed by atoms with E-state index in [-0.39, 0.29) is 30.0 Å². The summed E-state index contributed by atoms with van der Waals surface area (Å²) in [6, 6.07) is 9.43. The Balaban J connectivity index is 1.80. The number of alkyl halides is 6. The standard InChI is InChI=1S/C31H28F9NO4S/c1-27(2,3)45-26(42)41-16-15-28(18-41,46(43)22-13-11-21(32)12-14-22)19-7-9-20(10-8-19)29(30(35,36)37,31(38,39)40)44-17-23-24(33)5-4-6-25(23)34/h4-14H,15-18H2,1-3H3. The molecule has 1 heterocycles. The summed E-state index contributed by atoms with van der Waals surface area (Å²) in [5, 5.41) is 0. The Morgan fingerprint density at radius 2 is 1.39 bits per heavy atom. The molecule has 15 heteroatoms. The van der Waals surface area contributed by atoms with Crippen molar-refractivity contribution in [3.63, 3.8) is 0 Å². The van der Waals surface area contributed by atoms with Gasteiger partial charge in [0.25, 0.3) is 5.60 Å². The monoisotopic (exact) mass is 681 g/mol. The zero-order valence-electron chi connectivity index (χ0n) is 24.6. The lowest BCUT2D eigenvalue weighted by Crippen LogP contribution is -2.56. The molecule has 1 fully saturated rings. The van der Waals surface area contributed by atoms with Crippen molar-refractivity contribution in [2.24, 2.45) is 0 Å². The Hall–Kier alpha value is -3.59. The summed E-state index contributed by atoms with van der Waals surface area (Å²) in [6.07, 6.45) is -13.2. The second-order valence-corrected chi connectivity index (χ2v) is 13.4. The lowest BCUT2D eigenvalue weighted by Gasteiger charge is -2.38. The molecule has 2 atom stereocenters. The van der Waals surface area contributed by atoms with Crippen molar-refractivity contribution in [3.8, 4) is 0 Å². The van der Waals surface area contributed by atoms with Crippen LogP contribution in [-0.2, 0) is 37.2 Å².